The first-order chi connectivity index (χ1) is 14.1. The Bertz CT molecular complexity index is 1050. The van der Waals surface area contributed by atoms with Gasteiger partial charge in [0.1, 0.15) is 0 Å². The third kappa shape index (κ3) is 3.57. The lowest BCUT2D eigenvalue weighted by Gasteiger charge is -2.30. The van der Waals surface area contributed by atoms with E-state index in [4.69, 9.17) is 0 Å². The van der Waals surface area contributed by atoms with Crippen molar-refractivity contribution in [3.05, 3.63) is 47.9 Å². The van der Waals surface area contributed by atoms with Crippen LogP contribution in [0, 0.1) is 12.8 Å². The molecular weight excluding hydrogens is 368 g/mol. The van der Waals surface area contributed by atoms with Crippen molar-refractivity contribution in [2.75, 3.05) is 19.6 Å². The lowest BCUT2D eigenvalue weighted by atomic mass is 9.95. The molecule has 29 heavy (non-hydrogen) atoms. The van der Waals surface area contributed by atoms with Crippen molar-refractivity contribution in [3.8, 4) is 5.69 Å². The SMILES string of the molecule is CCNC(=O)C1CCN(C(=O)c2nnn(-c3cccc4cccnc34)c2C)CC1. The van der Waals surface area contributed by atoms with Crippen LogP contribution < -0.4 is 5.32 Å². The van der Waals surface area contributed by atoms with Gasteiger partial charge in [-0.3, -0.25) is 14.6 Å². The van der Waals surface area contributed by atoms with Crippen molar-refractivity contribution >= 4 is 22.7 Å². The van der Waals surface area contributed by atoms with E-state index in [1.165, 1.54) is 0 Å². The smallest absolute Gasteiger partial charge is 0.276 e. The van der Waals surface area contributed by atoms with Gasteiger partial charge in [0, 0.05) is 37.1 Å². The molecule has 8 heteroatoms. The predicted octanol–water partition coefficient (Wildman–Crippen LogP) is 2.11. The molecule has 0 unspecified atom stereocenters. The Balaban J connectivity index is 1.55. The minimum atomic E-state index is -0.142. The maximum absolute atomic E-state index is 13.0. The Morgan fingerprint density at radius 3 is 2.69 bits per heavy atom. The molecule has 1 fully saturated rings. The number of rotatable bonds is 4. The van der Waals surface area contributed by atoms with E-state index in [0.29, 0.717) is 43.9 Å². The molecule has 2 amide bonds. The van der Waals surface area contributed by atoms with Crippen LogP contribution in [0.1, 0.15) is 35.9 Å². The van der Waals surface area contributed by atoms with Gasteiger partial charge in [-0.25, -0.2) is 4.68 Å². The molecule has 2 aromatic heterocycles. The van der Waals surface area contributed by atoms with Crippen molar-refractivity contribution < 1.29 is 9.59 Å². The molecule has 4 rings (SSSR count). The summed E-state index contributed by atoms with van der Waals surface area (Å²) < 4.78 is 1.67. The van der Waals surface area contributed by atoms with Crippen molar-refractivity contribution in [2.24, 2.45) is 5.92 Å². The number of aromatic nitrogens is 4. The molecule has 3 heterocycles. The number of para-hydroxylation sites is 1. The Labute approximate surface area is 168 Å². The van der Waals surface area contributed by atoms with E-state index in [1.54, 1.807) is 15.8 Å². The van der Waals surface area contributed by atoms with Crippen molar-refractivity contribution in [2.45, 2.75) is 26.7 Å². The topological polar surface area (TPSA) is 93.0 Å². The van der Waals surface area contributed by atoms with E-state index in [0.717, 1.165) is 16.6 Å². The van der Waals surface area contributed by atoms with Crippen LogP contribution >= 0.6 is 0 Å². The van der Waals surface area contributed by atoms with Gasteiger partial charge in [0.2, 0.25) is 5.91 Å². The van der Waals surface area contributed by atoms with Crippen LogP contribution in [-0.4, -0.2) is 56.3 Å². The molecular formula is C21H24N6O2. The van der Waals surface area contributed by atoms with Gasteiger partial charge in [0.25, 0.3) is 5.91 Å². The van der Waals surface area contributed by atoms with E-state index < -0.39 is 0 Å². The van der Waals surface area contributed by atoms with Crippen LogP contribution in [0.2, 0.25) is 0 Å². The van der Waals surface area contributed by atoms with E-state index in [9.17, 15) is 9.59 Å². The first-order valence-corrected chi connectivity index (χ1v) is 9.93. The highest BCUT2D eigenvalue weighted by molar-refractivity contribution is 5.94. The number of carbonyl (C=O) groups excluding carboxylic acids is 2. The van der Waals surface area contributed by atoms with Crippen molar-refractivity contribution in [3.63, 3.8) is 0 Å². The number of hydrogen-bond acceptors (Lipinski definition) is 5. The van der Waals surface area contributed by atoms with Crippen molar-refractivity contribution in [1.29, 1.82) is 0 Å². The largest absolute Gasteiger partial charge is 0.356 e. The van der Waals surface area contributed by atoms with Gasteiger partial charge in [-0.2, -0.15) is 0 Å². The van der Waals surface area contributed by atoms with Gasteiger partial charge < -0.3 is 10.2 Å². The third-order valence-corrected chi connectivity index (χ3v) is 5.44. The summed E-state index contributed by atoms with van der Waals surface area (Å²) in [5, 5.41) is 12.3. The highest BCUT2D eigenvalue weighted by Crippen LogP contribution is 2.23. The fraction of sp³-hybridized carbons (Fsp3) is 0.381. The second-order valence-electron chi connectivity index (χ2n) is 7.25. The molecule has 3 aromatic rings. The summed E-state index contributed by atoms with van der Waals surface area (Å²) in [6.07, 6.45) is 3.07. The zero-order valence-electron chi connectivity index (χ0n) is 16.6. The zero-order valence-corrected chi connectivity index (χ0v) is 16.6. The molecule has 1 N–H and O–H groups in total. The minimum absolute atomic E-state index is 0.0301. The maximum atomic E-state index is 13.0. The Hall–Kier alpha value is -3.29. The number of amides is 2. The highest BCUT2D eigenvalue weighted by atomic mass is 16.2. The third-order valence-electron chi connectivity index (χ3n) is 5.44. The quantitative estimate of drug-likeness (QED) is 0.734. The van der Waals surface area contributed by atoms with Gasteiger partial charge >= 0.3 is 0 Å². The number of carbonyl (C=O) groups is 2. The highest BCUT2D eigenvalue weighted by Gasteiger charge is 2.30. The predicted molar refractivity (Wildman–Crippen MR) is 109 cm³/mol. The molecule has 0 bridgehead atoms. The summed E-state index contributed by atoms with van der Waals surface area (Å²) in [5.74, 6) is -0.0981. The number of likely N-dealkylation sites (tertiary alicyclic amines) is 1. The average Bonchev–Trinajstić information content (AvgIpc) is 3.14. The molecule has 150 valence electrons. The molecule has 8 nitrogen and oxygen atoms in total. The standard InChI is InChI=1S/C21H24N6O2/c1-3-22-20(28)16-9-12-26(13-10-16)21(29)18-14(2)27(25-24-18)17-8-4-6-15-7-5-11-23-19(15)17/h4-8,11,16H,3,9-10,12-13H2,1-2H3,(H,22,28). The number of piperidine rings is 1. The van der Waals surface area contributed by atoms with E-state index in [1.807, 2.05) is 44.2 Å². The molecule has 0 atom stereocenters. The summed E-state index contributed by atoms with van der Waals surface area (Å²) in [5.41, 5.74) is 2.63. The monoisotopic (exact) mass is 392 g/mol. The number of pyridine rings is 1. The maximum Gasteiger partial charge on any atom is 0.276 e. The number of nitrogens with one attached hydrogen (secondary N) is 1. The Morgan fingerprint density at radius 2 is 1.93 bits per heavy atom. The summed E-state index contributed by atoms with van der Waals surface area (Å²) in [4.78, 5) is 31.3. The Kier molecular flexibility index (Phi) is 5.24. The molecule has 0 radical (unpaired) electrons. The first-order valence-electron chi connectivity index (χ1n) is 9.93. The van der Waals surface area contributed by atoms with E-state index in [2.05, 4.69) is 20.6 Å². The summed E-state index contributed by atoms with van der Waals surface area (Å²) in [7, 11) is 0. The van der Waals surface area contributed by atoms with Crippen molar-refractivity contribution in [1.82, 2.24) is 30.2 Å². The molecule has 0 spiro atoms. The molecule has 1 aliphatic rings. The second kappa shape index (κ2) is 7.98. The minimum Gasteiger partial charge on any atom is -0.356 e. The summed E-state index contributed by atoms with van der Waals surface area (Å²) in [6.45, 7) is 5.47. The van der Waals surface area contributed by atoms with Crippen LogP contribution in [0.5, 0.6) is 0 Å². The number of nitrogens with zero attached hydrogens (tertiary/aromatic N) is 5. The number of benzene rings is 1. The van der Waals surface area contributed by atoms with Gasteiger partial charge in [-0.15, -0.1) is 5.10 Å². The fourth-order valence-electron chi connectivity index (χ4n) is 3.83. The molecule has 1 aromatic carbocycles. The average molecular weight is 392 g/mol. The fourth-order valence-corrected chi connectivity index (χ4v) is 3.83. The van der Waals surface area contributed by atoms with E-state index in [-0.39, 0.29) is 17.7 Å². The number of hydrogen-bond donors (Lipinski definition) is 1. The second-order valence-corrected chi connectivity index (χ2v) is 7.25. The molecule has 0 saturated carbocycles. The van der Waals surface area contributed by atoms with Crippen LogP contribution in [-0.2, 0) is 4.79 Å². The molecule has 1 aliphatic heterocycles. The van der Waals surface area contributed by atoms with Crippen LogP contribution in [0.3, 0.4) is 0 Å². The molecule has 0 aliphatic carbocycles. The van der Waals surface area contributed by atoms with E-state index >= 15 is 0 Å². The van der Waals surface area contributed by atoms with Crippen LogP contribution in [0.15, 0.2) is 36.5 Å². The van der Waals surface area contributed by atoms with Gasteiger partial charge in [-0.1, -0.05) is 23.4 Å². The lowest BCUT2D eigenvalue weighted by molar-refractivity contribution is -0.126. The van der Waals surface area contributed by atoms with Crippen LogP contribution in [0.25, 0.3) is 16.6 Å². The zero-order chi connectivity index (χ0) is 20.4. The Morgan fingerprint density at radius 1 is 1.17 bits per heavy atom. The molecule has 1 saturated heterocycles. The van der Waals surface area contributed by atoms with Gasteiger partial charge in [0.05, 0.1) is 16.9 Å². The lowest BCUT2D eigenvalue weighted by Crippen LogP contribution is -2.43. The first kappa shape index (κ1) is 19.0. The number of fused-ring (bicyclic) bond motifs is 1. The summed E-state index contributed by atoms with van der Waals surface area (Å²) in [6, 6.07) is 9.73. The van der Waals surface area contributed by atoms with Gasteiger partial charge in [-0.05, 0) is 38.8 Å². The normalized spacial score (nSPS) is 14.9. The summed E-state index contributed by atoms with van der Waals surface area (Å²) >= 11 is 0. The van der Waals surface area contributed by atoms with Crippen LogP contribution in [0.4, 0.5) is 0 Å². The van der Waals surface area contributed by atoms with Gasteiger partial charge in [0.15, 0.2) is 5.69 Å².